The summed E-state index contributed by atoms with van der Waals surface area (Å²) in [6, 6.07) is 0. The number of thiophene rings is 1. The van der Waals surface area contributed by atoms with E-state index < -0.39 is 11.6 Å². The first-order valence-corrected chi connectivity index (χ1v) is 7.14. The van der Waals surface area contributed by atoms with Crippen molar-refractivity contribution >= 4 is 33.6 Å². The highest BCUT2D eigenvalue weighted by atomic mass is 32.1. The number of esters is 1. The van der Waals surface area contributed by atoms with Crippen LogP contribution in [-0.2, 0) is 4.74 Å². The van der Waals surface area contributed by atoms with E-state index >= 15 is 0 Å². The first-order valence-electron chi connectivity index (χ1n) is 5.38. The summed E-state index contributed by atoms with van der Waals surface area (Å²) in [5.41, 5.74) is 6.50. The third-order valence-electron chi connectivity index (χ3n) is 2.09. The number of anilines is 1. The van der Waals surface area contributed by atoms with Gasteiger partial charge in [0, 0.05) is 22.5 Å². The largest absolute Gasteiger partial charge is 0.456 e. The molecule has 96 valence electrons. The van der Waals surface area contributed by atoms with E-state index in [0.29, 0.717) is 10.6 Å². The van der Waals surface area contributed by atoms with Crippen molar-refractivity contribution in [2.45, 2.75) is 26.4 Å². The summed E-state index contributed by atoms with van der Waals surface area (Å²) in [5.74, 6) is -0.397. The molecule has 0 saturated carbocycles. The van der Waals surface area contributed by atoms with Crippen LogP contribution in [0, 0.1) is 0 Å². The summed E-state index contributed by atoms with van der Waals surface area (Å²) < 4.78 is 5.37. The fourth-order valence-corrected chi connectivity index (χ4v) is 2.95. The van der Waals surface area contributed by atoms with E-state index in [1.165, 1.54) is 22.7 Å². The van der Waals surface area contributed by atoms with Crippen LogP contribution in [0.4, 0.5) is 5.00 Å². The molecule has 2 rings (SSSR count). The molecule has 0 amide bonds. The zero-order valence-corrected chi connectivity index (χ0v) is 12.0. The van der Waals surface area contributed by atoms with Crippen molar-refractivity contribution in [2.24, 2.45) is 0 Å². The normalized spacial score (nSPS) is 11.5. The molecule has 0 radical (unpaired) electrons. The predicted octanol–water partition coefficient (Wildman–Crippen LogP) is 3.41. The van der Waals surface area contributed by atoms with Crippen molar-refractivity contribution in [1.29, 1.82) is 0 Å². The molecule has 0 saturated heterocycles. The van der Waals surface area contributed by atoms with E-state index in [-0.39, 0.29) is 0 Å². The molecule has 4 nitrogen and oxygen atoms in total. The highest BCUT2D eigenvalue weighted by Gasteiger charge is 2.25. The van der Waals surface area contributed by atoms with Crippen molar-refractivity contribution in [2.75, 3.05) is 5.73 Å². The maximum Gasteiger partial charge on any atom is 0.342 e. The van der Waals surface area contributed by atoms with Crippen LogP contribution in [-0.4, -0.2) is 16.6 Å². The predicted molar refractivity (Wildman–Crippen MR) is 75.0 cm³/mol. The van der Waals surface area contributed by atoms with Crippen LogP contribution in [0.15, 0.2) is 17.0 Å². The second-order valence-electron chi connectivity index (χ2n) is 4.73. The highest BCUT2D eigenvalue weighted by Crippen LogP contribution is 2.35. The molecule has 0 spiro atoms. The van der Waals surface area contributed by atoms with Gasteiger partial charge in [-0.3, -0.25) is 0 Å². The highest BCUT2D eigenvalue weighted by molar-refractivity contribution is 7.16. The summed E-state index contributed by atoms with van der Waals surface area (Å²) in [7, 11) is 0. The van der Waals surface area contributed by atoms with Gasteiger partial charge in [-0.2, -0.15) is 0 Å². The van der Waals surface area contributed by atoms with Crippen LogP contribution >= 0.6 is 22.7 Å². The molecule has 2 aromatic heterocycles. The minimum Gasteiger partial charge on any atom is -0.456 e. The van der Waals surface area contributed by atoms with E-state index in [1.807, 2.05) is 31.5 Å². The smallest absolute Gasteiger partial charge is 0.342 e. The van der Waals surface area contributed by atoms with Gasteiger partial charge in [0.1, 0.15) is 21.2 Å². The molecule has 2 N–H and O–H groups in total. The van der Waals surface area contributed by atoms with Gasteiger partial charge in [-0.25, -0.2) is 9.78 Å². The minimum absolute atomic E-state index is 0.397. The average Bonchev–Trinajstić information content (AvgIpc) is 2.82. The number of carbonyl (C=O) groups excluding carboxylic acids is 1. The Hall–Kier alpha value is -1.40. The third kappa shape index (κ3) is 2.70. The van der Waals surface area contributed by atoms with Crippen molar-refractivity contribution in [3.05, 3.63) is 22.5 Å². The van der Waals surface area contributed by atoms with Crippen LogP contribution in [0.5, 0.6) is 0 Å². The number of aromatic nitrogens is 1. The van der Waals surface area contributed by atoms with Crippen LogP contribution in [0.3, 0.4) is 0 Å². The fraction of sp³-hybridized carbons (Fsp3) is 0.333. The van der Waals surface area contributed by atoms with Crippen LogP contribution in [0.2, 0.25) is 0 Å². The van der Waals surface area contributed by atoms with Gasteiger partial charge in [0.05, 0.1) is 0 Å². The van der Waals surface area contributed by atoms with Gasteiger partial charge in [0.25, 0.3) is 0 Å². The number of thiazole rings is 1. The van der Waals surface area contributed by atoms with Gasteiger partial charge in [0.2, 0.25) is 0 Å². The quantitative estimate of drug-likeness (QED) is 0.857. The maximum absolute atomic E-state index is 12.1. The Morgan fingerprint density at radius 1 is 1.39 bits per heavy atom. The molecule has 2 aromatic rings. The molecular formula is C12H14N2O2S2. The zero-order valence-electron chi connectivity index (χ0n) is 10.4. The van der Waals surface area contributed by atoms with Gasteiger partial charge >= 0.3 is 5.97 Å². The lowest BCUT2D eigenvalue weighted by Gasteiger charge is -2.19. The Bertz CT molecular complexity index is 553. The number of nitrogens with zero attached hydrogens (tertiary/aromatic N) is 1. The van der Waals surface area contributed by atoms with Gasteiger partial charge < -0.3 is 10.5 Å². The lowest BCUT2D eigenvalue weighted by molar-refractivity contribution is 0.00722. The summed E-state index contributed by atoms with van der Waals surface area (Å²) >= 11 is 2.80. The van der Waals surface area contributed by atoms with Crippen molar-refractivity contribution in [3.8, 4) is 10.6 Å². The molecule has 0 aliphatic heterocycles. The molecule has 18 heavy (non-hydrogen) atoms. The SMILES string of the molecule is CC(C)(C)OC(=O)c1c(-c2nccs2)csc1N. The maximum atomic E-state index is 12.1. The fourth-order valence-electron chi connectivity index (χ4n) is 1.43. The van der Waals surface area contributed by atoms with E-state index in [4.69, 9.17) is 10.5 Å². The topological polar surface area (TPSA) is 65.2 Å². The molecular weight excluding hydrogens is 268 g/mol. The first-order chi connectivity index (χ1) is 8.38. The summed E-state index contributed by atoms with van der Waals surface area (Å²) in [4.78, 5) is 16.3. The molecule has 6 heteroatoms. The summed E-state index contributed by atoms with van der Waals surface area (Å²) in [6.07, 6.45) is 1.70. The number of nitrogens with two attached hydrogens (primary N) is 1. The van der Waals surface area contributed by atoms with Crippen molar-refractivity contribution in [3.63, 3.8) is 0 Å². The first kappa shape index (κ1) is 13.0. The number of hydrogen-bond acceptors (Lipinski definition) is 6. The molecule has 0 aromatic carbocycles. The second-order valence-corrected chi connectivity index (χ2v) is 6.53. The Labute approximate surface area is 113 Å². The monoisotopic (exact) mass is 282 g/mol. The molecule has 0 fully saturated rings. The Morgan fingerprint density at radius 3 is 2.67 bits per heavy atom. The molecule has 2 heterocycles. The number of hydrogen-bond donors (Lipinski definition) is 1. The van der Waals surface area contributed by atoms with Crippen LogP contribution in [0.1, 0.15) is 31.1 Å². The lowest BCUT2D eigenvalue weighted by atomic mass is 10.1. The number of nitrogen functional groups attached to an aromatic ring is 1. The minimum atomic E-state index is -0.536. The Kier molecular flexibility index (Phi) is 3.41. The summed E-state index contributed by atoms with van der Waals surface area (Å²) in [5, 5.41) is 4.95. The average molecular weight is 282 g/mol. The molecule has 0 atom stereocenters. The molecule has 0 bridgehead atoms. The van der Waals surface area contributed by atoms with Crippen LogP contribution < -0.4 is 5.73 Å². The van der Waals surface area contributed by atoms with Gasteiger partial charge in [-0.05, 0) is 20.8 Å². The molecule has 0 aliphatic carbocycles. The molecule has 0 aliphatic rings. The Morgan fingerprint density at radius 2 is 2.11 bits per heavy atom. The van der Waals surface area contributed by atoms with Gasteiger partial charge in [-0.15, -0.1) is 22.7 Å². The zero-order chi connectivity index (χ0) is 13.3. The van der Waals surface area contributed by atoms with Crippen molar-refractivity contribution in [1.82, 2.24) is 4.98 Å². The second kappa shape index (κ2) is 4.70. The number of rotatable bonds is 2. The Balaban J connectivity index is 2.39. The number of carbonyl (C=O) groups is 1. The summed E-state index contributed by atoms with van der Waals surface area (Å²) in [6.45, 7) is 5.49. The van der Waals surface area contributed by atoms with E-state index in [1.54, 1.807) is 6.20 Å². The van der Waals surface area contributed by atoms with E-state index in [9.17, 15) is 4.79 Å². The number of ether oxygens (including phenoxy) is 1. The van der Waals surface area contributed by atoms with Crippen molar-refractivity contribution < 1.29 is 9.53 Å². The van der Waals surface area contributed by atoms with Gasteiger partial charge in [0.15, 0.2) is 0 Å². The standard InChI is InChI=1S/C12H14N2O2S2/c1-12(2,3)16-11(15)8-7(6-18-9(8)13)10-14-4-5-17-10/h4-6H,13H2,1-3H3. The third-order valence-corrected chi connectivity index (χ3v) is 3.70. The van der Waals surface area contributed by atoms with Crippen LogP contribution in [0.25, 0.3) is 10.6 Å². The van der Waals surface area contributed by atoms with Gasteiger partial charge in [-0.1, -0.05) is 0 Å². The van der Waals surface area contributed by atoms with E-state index in [0.717, 1.165) is 10.6 Å². The lowest BCUT2D eigenvalue weighted by Crippen LogP contribution is -2.24. The van der Waals surface area contributed by atoms with E-state index in [2.05, 4.69) is 4.98 Å². The molecule has 0 unspecified atom stereocenters.